The van der Waals surface area contributed by atoms with Crippen LogP contribution in [0.5, 0.6) is 0 Å². The topological polar surface area (TPSA) is 15.6 Å². The minimum absolute atomic E-state index is 0.607. The number of hydrogen-bond donors (Lipinski definition) is 0. The molecule has 21 heavy (non-hydrogen) atoms. The number of nitrogens with zero attached hydrogens (tertiary/aromatic N) is 2. The number of fused-ring (bicyclic) bond motifs is 2. The molecule has 2 nitrogen and oxygen atoms in total. The Balaban J connectivity index is 1.95. The monoisotopic (exact) mass is 274 g/mol. The zero-order valence-electron chi connectivity index (χ0n) is 12.2. The van der Waals surface area contributed by atoms with Crippen LogP contribution >= 0.6 is 0 Å². The number of hydrogen-bond acceptors (Lipinski definition) is 2. The largest absolute Gasteiger partial charge is 0.307 e. The average molecular weight is 274 g/mol. The molecule has 0 bridgehead atoms. The molecule has 2 aliphatic rings. The Morgan fingerprint density at radius 3 is 2.62 bits per heavy atom. The molecule has 0 saturated carbocycles. The number of allylic oxidation sites excluding steroid dienone is 2. The first-order valence-electron chi connectivity index (χ1n) is 7.57. The van der Waals surface area contributed by atoms with Gasteiger partial charge in [-0.15, -0.1) is 0 Å². The molecule has 1 heterocycles. The van der Waals surface area contributed by atoms with Crippen molar-refractivity contribution in [2.45, 2.75) is 19.8 Å². The van der Waals surface area contributed by atoms with E-state index >= 15 is 0 Å². The van der Waals surface area contributed by atoms with Crippen molar-refractivity contribution in [2.75, 3.05) is 4.90 Å². The lowest BCUT2D eigenvalue weighted by Crippen LogP contribution is -2.29. The molecule has 104 valence electrons. The van der Waals surface area contributed by atoms with Crippen molar-refractivity contribution in [3.05, 3.63) is 66.4 Å². The Morgan fingerprint density at radius 2 is 1.76 bits per heavy atom. The van der Waals surface area contributed by atoms with Gasteiger partial charge in [0.05, 0.1) is 22.8 Å². The van der Waals surface area contributed by atoms with Crippen LogP contribution in [-0.2, 0) is 0 Å². The lowest BCUT2D eigenvalue weighted by Gasteiger charge is -2.35. The van der Waals surface area contributed by atoms with E-state index in [0.717, 1.165) is 12.1 Å². The van der Waals surface area contributed by atoms with Crippen LogP contribution in [0.2, 0.25) is 0 Å². The highest BCUT2D eigenvalue weighted by molar-refractivity contribution is 6.10. The average Bonchev–Trinajstić information content (AvgIpc) is 2.53. The summed E-state index contributed by atoms with van der Waals surface area (Å²) >= 11 is 0. The Labute approximate surface area is 125 Å². The SMILES string of the molecule is CC1C=C2C(=Nc3ccccc3N2c2ccccc2)CC1. The number of rotatable bonds is 1. The van der Waals surface area contributed by atoms with Crippen LogP contribution < -0.4 is 4.90 Å². The van der Waals surface area contributed by atoms with E-state index in [4.69, 9.17) is 4.99 Å². The zero-order valence-corrected chi connectivity index (χ0v) is 12.2. The molecule has 0 spiro atoms. The van der Waals surface area contributed by atoms with Crippen molar-refractivity contribution in [3.63, 3.8) is 0 Å². The molecule has 0 saturated heterocycles. The molecule has 0 amide bonds. The molecule has 1 aliphatic heterocycles. The van der Waals surface area contributed by atoms with Crippen LogP contribution in [0, 0.1) is 5.92 Å². The van der Waals surface area contributed by atoms with E-state index in [-0.39, 0.29) is 0 Å². The maximum atomic E-state index is 4.88. The van der Waals surface area contributed by atoms with Gasteiger partial charge in [0.25, 0.3) is 0 Å². The molecular weight excluding hydrogens is 256 g/mol. The predicted octanol–water partition coefficient (Wildman–Crippen LogP) is 5.22. The molecule has 2 aromatic carbocycles. The smallest absolute Gasteiger partial charge is 0.0874 e. The van der Waals surface area contributed by atoms with Crippen molar-refractivity contribution >= 4 is 22.8 Å². The van der Waals surface area contributed by atoms with Gasteiger partial charge >= 0.3 is 0 Å². The maximum Gasteiger partial charge on any atom is 0.0874 e. The molecule has 2 aromatic rings. The fourth-order valence-electron chi connectivity index (χ4n) is 3.14. The van der Waals surface area contributed by atoms with E-state index in [0.29, 0.717) is 5.92 Å². The van der Waals surface area contributed by atoms with Gasteiger partial charge in [-0.05, 0) is 43.0 Å². The first kappa shape index (κ1) is 12.4. The summed E-state index contributed by atoms with van der Waals surface area (Å²) in [6.45, 7) is 2.29. The fraction of sp³-hybridized carbons (Fsp3) is 0.211. The third kappa shape index (κ3) is 2.07. The molecule has 0 N–H and O–H groups in total. The lowest BCUT2D eigenvalue weighted by molar-refractivity contribution is 0.649. The third-order valence-electron chi connectivity index (χ3n) is 4.21. The summed E-state index contributed by atoms with van der Waals surface area (Å²) in [4.78, 5) is 7.24. The Morgan fingerprint density at radius 1 is 1.00 bits per heavy atom. The fourth-order valence-corrected chi connectivity index (χ4v) is 3.14. The van der Waals surface area contributed by atoms with Gasteiger partial charge in [-0.3, -0.25) is 0 Å². The predicted molar refractivity (Wildman–Crippen MR) is 88.6 cm³/mol. The van der Waals surface area contributed by atoms with Gasteiger partial charge in [0.15, 0.2) is 0 Å². The van der Waals surface area contributed by atoms with E-state index in [2.05, 4.69) is 72.5 Å². The van der Waals surface area contributed by atoms with Crippen LogP contribution in [-0.4, -0.2) is 5.71 Å². The van der Waals surface area contributed by atoms with Gasteiger partial charge in [0.1, 0.15) is 0 Å². The van der Waals surface area contributed by atoms with Crippen molar-refractivity contribution in [1.29, 1.82) is 0 Å². The van der Waals surface area contributed by atoms with E-state index < -0.39 is 0 Å². The van der Waals surface area contributed by atoms with Gasteiger partial charge in [-0.25, -0.2) is 4.99 Å². The van der Waals surface area contributed by atoms with E-state index in [1.807, 2.05) is 0 Å². The van der Waals surface area contributed by atoms with Gasteiger partial charge in [-0.2, -0.15) is 0 Å². The summed E-state index contributed by atoms with van der Waals surface area (Å²) in [6.07, 6.45) is 4.61. The second kappa shape index (κ2) is 4.88. The number of aliphatic imine (C=N–C) groups is 1. The molecule has 1 unspecified atom stereocenters. The summed E-state index contributed by atoms with van der Waals surface area (Å²) in [6, 6.07) is 19.0. The van der Waals surface area contributed by atoms with Crippen molar-refractivity contribution in [1.82, 2.24) is 0 Å². The Kier molecular flexibility index (Phi) is 2.88. The summed E-state index contributed by atoms with van der Waals surface area (Å²) in [5.74, 6) is 0.607. The first-order valence-corrected chi connectivity index (χ1v) is 7.57. The van der Waals surface area contributed by atoms with Crippen molar-refractivity contribution < 1.29 is 0 Å². The van der Waals surface area contributed by atoms with Gasteiger partial charge in [-0.1, -0.05) is 43.3 Å². The highest BCUT2D eigenvalue weighted by Crippen LogP contribution is 2.43. The van der Waals surface area contributed by atoms with Crippen LogP contribution in [0.15, 0.2) is 71.4 Å². The molecule has 1 atom stereocenters. The quantitative estimate of drug-likeness (QED) is 0.695. The third-order valence-corrected chi connectivity index (χ3v) is 4.21. The number of benzene rings is 2. The van der Waals surface area contributed by atoms with E-state index in [1.165, 1.54) is 29.2 Å². The van der Waals surface area contributed by atoms with Crippen LogP contribution in [0.4, 0.5) is 17.1 Å². The normalized spacial score (nSPS) is 20.2. The molecular formula is C19H18N2. The van der Waals surface area contributed by atoms with E-state index in [9.17, 15) is 0 Å². The standard InChI is InChI=1S/C19H18N2/c1-14-11-12-17-19(13-14)21(15-7-3-2-4-8-15)18-10-6-5-9-16(18)20-17/h2-10,13-14H,11-12H2,1H3. The van der Waals surface area contributed by atoms with Gasteiger partial charge < -0.3 is 4.90 Å². The van der Waals surface area contributed by atoms with Crippen molar-refractivity contribution in [3.8, 4) is 0 Å². The zero-order chi connectivity index (χ0) is 14.2. The molecule has 0 radical (unpaired) electrons. The van der Waals surface area contributed by atoms with Crippen LogP contribution in [0.3, 0.4) is 0 Å². The molecule has 0 aromatic heterocycles. The van der Waals surface area contributed by atoms with Crippen LogP contribution in [0.1, 0.15) is 19.8 Å². The highest BCUT2D eigenvalue weighted by atomic mass is 15.2. The first-order chi connectivity index (χ1) is 10.3. The molecule has 2 heteroatoms. The number of anilines is 2. The van der Waals surface area contributed by atoms with Crippen LogP contribution in [0.25, 0.3) is 0 Å². The molecule has 4 rings (SSSR count). The second-order valence-electron chi connectivity index (χ2n) is 5.79. The Bertz CT molecular complexity index is 728. The highest BCUT2D eigenvalue weighted by Gasteiger charge is 2.28. The van der Waals surface area contributed by atoms with Crippen molar-refractivity contribution in [2.24, 2.45) is 10.9 Å². The van der Waals surface area contributed by atoms with Gasteiger partial charge in [0, 0.05) is 5.69 Å². The van der Waals surface area contributed by atoms with Gasteiger partial charge in [0.2, 0.25) is 0 Å². The minimum Gasteiger partial charge on any atom is -0.307 e. The summed E-state index contributed by atoms with van der Waals surface area (Å²) < 4.78 is 0. The molecule has 0 fully saturated rings. The summed E-state index contributed by atoms with van der Waals surface area (Å²) in [5, 5.41) is 0. The lowest BCUT2D eigenvalue weighted by atomic mass is 9.91. The van der Waals surface area contributed by atoms with E-state index in [1.54, 1.807) is 0 Å². The summed E-state index contributed by atoms with van der Waals surface area (Å²) in [5.41, 5.74) is 5.93. The molecule has 1 aliphatic carbocycles. The second-order valence-corrected chi connectivity index (χ2v) is 5.79. The Hall–Kier alpha value is -2.35. The maximum absolute atomic E-state index is 4.88. The summed E-state index contributed by atoms with van der Waals surface area (Å²) in [7, 11) is 0. The number of para-hydroxylation sites is 3. The minimum atomic E-state index is 0.607.